The van der Waals surface area contributed by atoms with E-state index >= 15 is 0 Å². The summed E-state index contributed by atoms with van der Waals surface area (Å²) in [7, 11) is -4.15. The van der Waals surface area contributed by atoms with Crippen molar-refractivity contribution in [2.75, 3.05) is 17.4 Å². The van der Waals surface area contributed by atoms with Crippen molar-refractivity contribution < 1.29 is 18.0 Å². The fourth-order valence-corrected chi connectivity index (χ4v) is 6.64. The molecule has 0 aliphatic rings. The van der Waals surface area contributed by atoms with Crippen LogP contribution in [0.15, 0.2) is 114 Å². The topological polar surface area (TPSA) is 86.8 Å². The minimum atomic E-state index is -4.15. The quantitative estimate of drug-likeness (QED) is 0.153. The van der Waals surface area contributed by atoms with Crippen LogP contribution in [0.25, 0.3) is 0 Å². The second-order valence-electron chi connectivity index (χ2n) is 10.3. The summed E-state index contributed by atoms with van der Waals surface area (Å²) < 4.78 is 29.0. The number of carbonyl (C=O) groups excluding carboxylic acids is 2. The fraction of sp³-hybridized carbons (Fsp3) is 0.235. The van der Waals surface area contributed by atoms with Crippen molar-refractivity contribution in [3.05, 3.63) is 130 Å². The minimum absolute atomic E-state index is 0.0401. The molecule has 7 nitrogen and oxygen atoms in total. The van der Waals surface area contributed by atoms with Crippen LogP contribution >= 0.6 is 23.2 Å². The molecule has 4 aromatic rings. The third-order valence-electron chi connectivity index (χ3n) is 7.11. The molecule has 0 spiro atoms. The average Bonchev–Trinajstić information content (AvgIpc) is 3.03. The van der Waals surface area contributed by atoms with Gasteiger partial charge in [0.2, 0.25) is 11.8 Å². The molecular weight excluding hydrogens is 617 g/mol. The van der Waals surface area contributed by atoms with Gasteiger partial charge in [-0.3, -0.25) is 13.9 Å². The van der Waals surface area contributed by atoms with Gasteiger partial charge in [-0.1, -0.05) is 109 Å². The molecule has 0 saturated heterocycles. The lowest BCUT2D eigenvalue weighted by Crippen LogP contribution is -2.53. The Balaban J connectivity index is 1.78. The minimum Gasteiger partial charge on any atom is -0.354 e. The van der Waals surface area contributed by atoms with Gasteiger partial charge in [-0.2, -0.15) is 0 Å². The van der Waals surface area contributed by atoms with Crippen molar-refractivity contribution in [2.45, 2.75) is 43.7 Å². The predicted molar refractivity (Wildman–Crippen MR) is 176 cm³/mol. The molecule has 0 bridgehead atoms. The van der Waals surface area contributed by atoms with Crippen molar-refractivity contribution >= 4 is 50.7 Å². The summed E-state index contributed by atoms with van der Waals surface area (Å²) in [5.74, 6) is -0.899. The van der Waals surface area contributed by atoms with Crippen LogP contribution in [0.2, 0.25) is 10.0 Å². The van der Waals surface area contributed by atoms with Crippen molar-refractivity contribution in [1.29, 1.82) is 0 Å². The van der Waals surface area contributed by atoms with Gasteiger partial charge in [0.15, 0.2) is 0 Å². The van der Waals surface area contributed by atoms with Crippen molar-refractivity contribution in [1.82, 2.24) is 10.2 Å². The van der Waals surface area contributed by atoms with E-state index in [-0.39, 0.29) is 23.8 Å². The van der Waals surface area contributed by atoms with Gasteiger partial charge in [0.1, 0.15) is 12.6 Å². The second kappa shape index (κ2) is 15.7. The highest BCUT2D eigenvalue weighted by molar-refractivity contribution is 7.92. The maximum absolute atomic E-state index is 14.4. The molecule has 0 heterocycles. The number of hydrogen-bond donors (Lipinski definition) is 1. The van der Waals surface area contributed by atoms with E-state index in [1.807, 2.05) is 37.3 Å². The molecule has 4 rings (SSSR count). The number of para-hydroxylation sites is 1. The summed E-state index contributed by atoms with van der Waals surface area (Å²) in [4.78, 5) is 29.7. The third-order valence-corrected chi connectivity index (χ3v) is 9.49. The van der Waals surface area contributed by atoms with Gasteiger partial charge in [-0.05, 0) is 53.9 Å². The number of rotatable bonds is 14. The van der Waals surface area contributed by atoms with E-state index in [0.29, 0.717) is 27.8 Å². The second-order valence-corrected chi connectivity index (χ2v) is 13.0. The van der Waals surface area contributed by atoms with E-state index in [0.717, 1.165) is 22.7 Å². The van der Waals surface area contributed by atoms with Gasteiger partial charge >= 0.3 is 0 Å². The zero-order valence-electron chi connectivity index (χ0n) is 24.4. The van der Waals surface area contributed by atoms with Crippen LogP contribution in [0, 0.1) is 0 Å². The largest absolute Gasteiger partial charge is 0.354 e. The lowest BCUT2D eigenvalue weighted by atomic mass is 10.0. The zero-order chi connectivity index (χ0) is 31.5. The van der Waals surface area contributed by atoms with Gasteiger partial charge in [-0.25, -0.2) is 8.42 Å². The van der Waals surface area contributed by atoms with E-state index < -0.39 is 28.5 Å². The summed E-state index contributed by atoms with van der Waals surface area (Å²) in [5, 5.41) is 3.73. The van der Waals surface area contributed by atoms with E-state index in [2.05, 4.69) is 5.32 Å². The molecular formula is C34H35Cl2N3O4S. The van der Waals surface area contributed by atoms with Crippen LogP contribution < -0.4 is 9.62 Å². The number of nitrogens with one attached hydrogen (secondary N) is 1. The Bertz CT molecular complexity index is 1640. The van der Waals surface area contributed by atoms with Gasteiger partial charge in [-0.15, -0.1) is 0 Å². The summed E-state index contributed by atoms with van der Waals surface area (Å²) in [6.07, 6.45) is 1.88. The Morgan fingerprint density at radius 1 is 0.841 bits per heavy atom. The molecule has 44 heavy (non-hydrogen) atoms. The number of halogens is 2. The Hall–Kier alpha value is -3.85. The first-order valence-electron chi connectivity index (χ1n) is 14.4. The summed E-state index contributed by atoms with van der Waals surface area (Å²) in [5.41, 5.74) is 1.74. The summed E-state index contributed by atoms with van der Waals surface area (Å²) >= 11 is 12.7. The lowest BCUT2D eigenvalue weighted by Gasteiger charge is -2.34. The van der Waals surface area contributed by atoms with E-state index in [1.165, 1.54) is 17.0 Å². The zero-order valence-corrected chi connectivity index (χ0v) is 26.7. The fourth-order valence-electron chi connectivity index (χ4n) is 4.74. The molecule has 0 aliphatic heterocycles. The first kappa shape index (κ1) is 33.1. The van der Waals surface area contributed by atoms with E-state index in [9.17, 15) is 18.0 Å². The normalized spacial score (nSPS) is 11.9. The maximum atomic E-state index is 14.4. The monoisotopic (exact) mass is 651 g/mol. The molecule has 4 aromatic carbocycles. The number of nitrogens with zero attached hydrogens (tertiary/aromatic N) is 2. The Kier molecular flexibility index (Phi) is 11.8. The SMILES string of the molecule is CCCCNC(=O)[C@H](Cc1ccccc1)N(Cc1ccc(Cl)cc1Cl)C(=O)CN(c1ccccc1)S(=O)(=O)c1ccccc1. The predicted octanol–water partition coefficient (Wildman–Crippen LogP) is 6.75. The lowest BCUT2D eigenvalue weighted by molar-refractivity contribution is -0.140. The van der Waals surface area contributed by atoms with Gasteiger partial charge in [0.25, 0.3) is 10.0 Å². The number of benzene rings is 4. The highest BCUT2D eigenvalue weighted by Gasteiger charge is 2.34. The molecule has 1 N–H and O–H groups in total. The Morgan fingerprint density at radius 2 is 1.45 bits per heavy atom. The van der Waals surface area contributed by atoms with E-state index in [1.54, 1.807) is 66.7 Å². The third kappa shape index (κ3) is 8.62. The Morgan fingerprint density at radius 3 is 2.07 bits per heavy atom. The van der Waals surface area contributed by atoms with Crippen LogP contribution in [-0.2, 0) is 32.6 Å². The Labute approximate surface area is 269 Å². The number of sulfonamides is 1. The number of carbonyl (C=O) groups is 2. The number of amides is 2. The molecule has 0 radical (unpaired) electrons. The van der Waals surface area contributed by atoms with E-state index in [4.69, 9.17) is 23.2 Å². The molecule has 2 amide bonds. The van der Waals surface area contributed by atoms with Gasteiger partial charge < -0.3 is 10.2 Å². The summed E-state index contributed by atoms with van der Waals surface area (Å²) in [6, 6.07) is 29.8. The molecule has 1 atom stereocenters. The first-order valence-corrected chi connectivity index (χ1v) is 16.6. The van der Waals surface area contributed by atoms with Crippen LogP contribution in [0.4, 0.5) is 5.69 Å². The highest BCUT2D eigenvalue weighted by atomic mass is 35.5. The van der Waals surface area contributed by atoms with Crippen LogP contribution in [-0.4, -0.2) is 44.3 Å². The van der Waals surface area contributed by atoms with Crippen LogP contribution in [0.5, 0.6) is 0 Å². The molecule has 0 unspecified atom stereocenters. The number of hydrogen-bond acceptors (Lipinski definition) is 4. The van der Waals surface area contributed by atoms with Gasteiger partial charge in [0.05, 0.1) is 10.6 Å². The molecule has 0 fully saturated rings. The maximum Gasteiger partial charge on any atom is 0.264 e. The molecule has 230 valence electrons. The van der Waals surface area contributed by atoms with Crippen molar-refractivity contribution in [3.8, 4) is 0 Å². The van der Waals surface area contributed by atoms with Crippen molar-refractivity contribution in [2.24, 2.45) is 0 Å². The highest BCUT2D eigenvalue weighted by Crippen LogP contribution is 2.27. The van der Waals surface area contributed by atoms with Gasteiger partial charge in [0, 0.05) is 29.6 Å². The molecule has 0 saturated carbocycles. The van der Waals surface area contributed by atoms with Crippen LogP contribution in [0.1, 0.15) is 30.9 Å². The first-order chi connectivity index (χ1) is 21.2. The van der Waals surface area contributed by atoms with Crippen molar-refractivity contribution in [3.63, 3.8) is 0 Å². The smallest absolute Gasteiger partial charge is 0.264 e. The molecule has 0 aromatic heterocycles. The molecule has 0 aliphatic carbocycles. The average molecular weight is 653 g/mol. The number of anilines is 1. The van der Waals surface area contributed by atoms with Crippen LogP contribution in [0.3, 0.4) is 0 Å². The summed E-state index contributed by atoms with van der Waals surface area (Å²) in [6.45, 7) is 1.89. The number of unbranched alkanes of at least 4 members (excludes halogenated alkanes) is 1. The molecule has 10 heteroatoms. The standard InChI is InChI=1S/C34H35Cl2N3O4S/c1-2-3-21-37-34(41)32(22-26-13-7-4-8-14-26)38(24-27-19-20-28(35)23-31(27)36)33(40)25-39(29-15-9-5-10-16-29)44(42,43)30-17-11-6-12-18-30/h4-20,23,32H,2-3,21-22,24-25H2,1H3,(H,37,41)/t32-/m0/s1.